The minimum Gasteiger partial charge on any atom is -0.482 e. The second-order valence-electron chi connectivity index (χ2n) is 4.78. The van der Waals surface area contributed by atoms with E-state index in [-0.39, 0.29) is 25.0 Å². The van der Waals surface area contributed by atoms with Gasteiger partial charge in [-0.05, 0) is 18.1 Å². The van der Waals surface area contributed by atoms with E-state index in [1.54, 1.807) is 24.3 Å². The summed E-state index contributed by atoms with van der Waals surface area (Å²) in [5.41, 5.74) is 0. The Morgan fingerprint density at radius 1 is 1.35 bits per heavy atom. The number of carboxylic acid groups (broad SMARTS) is 1. The fourth-order valence-electron chi connectivity index (χ4n) is 1.65. The minimum atomic E-state index is -1.04. The second-order valence-corrected chi connectivity index (χ2v) is 5.19. The van der Waals surface area contributed by atoms with Gasteiger partial charge in [0.15, 0.2) is 6.61 Å². The van der Waals surface area contributed by atoms with E-state index in [0.717, 1.165) is 0 Å². The van der Waals surface area contributed by atoms with Crippen LogP contribution in [0.3, 0.4) is 0 Å². The molecule has 1 rings (SSSR count). The molecule has 0 heterocycles. The lowest BCUT2D eigenvalue weighted by molar-refractivity contribution is -0.145. The zero-order valence-electron chi connectivity index (χ0n) is 11.5. The van der Waals surface area contributed by atoms with Crippen molar-refractivity contribution in [3.63, 3.8) is 0 Å². The number of aliphatic carboxylic acids is 1. The Morgan fingerprint density at radius 2 is 2.00 bits per heavy atom. The van der Waals surface area contributed by atoms with E-state index < -0.39 is 5.97 Å². The van der Waals surface area contributed by atoms with Gasteiger partial charge in [0, 0.05) is 6.54 Å². The van der Waals surface area contributed by atoms with Gasteiger partial charge in [-0.2, -0.15) is 0 Å². The zero-order valence-corrected chi connectivity index (χ0v) is 12.3. The van der Waals surface area contributed by atoms with Crippen LogP contribution in [0.5, 0.6) is 5.75 Å². The number of amides is 1. The Balaban J connectivity index is 2.62. The third kappa shape index (κ3) is 5.48. The zero-order chi connectivity index (χ0) is 15.1. The SMILES string of the molecule is CC(C)CN(CC(=O)O)C(=O)COc1ccccc1Cl. The summed E-state index contributed by atoms with van der Waals surface area (Å²) >= 11 is 5.91. The summed E-state index contributed by atoms with van der Waals surface area (Å²) in [6, 6.07) is 6.81. The van der Waals surface area contributed by atoms with Gasteiger partial charge in [-0.1, -0.05) is 37.6 Å². The molecule has 110 valence electrons. The third-order valence-electron chi connectivity index (χ3n) is 2.45. The van der Waals surface area contributed by atoms with Gasteiger partial charge in [0.25, 0.3) is 5.91 Å². The Kier molecular flexibility index (Phi) is 6.31. The standard InChI is InChI=1S/C14H18ClNO4/c1-10(2)7-16(8-14(18)19)13(17)9-20-12-6-4-3-5-11(12)15/h3-6,10H,7-9H2,1-2H3,(H,18,19). The number of nitrogens with zero attached hydrogens (tertiary/aromatic N) is 1. The molecule has 0 aliphatic rings. The van der Waals surface area contributed by atoms with Crippen molar-refractivity contribution in [2.24, 2.45) is 5.92 Å². The number of benzene rings is 1. The van der Waals surface area contributed by atoms with Crippen molar-refractivity contribution >= 4 is 23.5 Å². The molecule has 0 spiro atoms. The molecular formula is C14H18ClNO4. The summed E-state index contributed by atoms with van der Waals surface area (Å²) in [4.78, 5) is 24.0. The highest BCUT2D eigenvalue weighted by molar-refractivity contribution is 6.32. The summed E-state index contributed by atoms with van der Waals surface area (Å²) in [5.74, 6) is -0.835. The molecule has 0 unspecified atom stereocenters. The average molecular weight is 300 g/mol. The van der Waals surface area contributed by atoms with E-state index in [1.807, 2.05) is 13.8 Å². The number of rotatable bonds is 7. The maximum Gasteiger partial charge on any atom is 0.323 e. The molecule has 1 N–H and O–H groups in total. The van der Waals surface area contributed by atoms with Crippen LogP contribution in [0.1, 0.15) is 13.8 Å². The number of para-hydroxylation sites is 1. The van der Waals surface area contributed by atoms with Crippen LogP contribution in [0.15, 0.2) is 24.3 Å². The van der Waals surface area contributed by atoms with E-state index in [2.05, 4.69) is 0 Å². The largest absolute Gasteiger partial charge is 0.482 e. The quantitative estimate of drug-likeness (QED) is 0.839. The van der Waals surface area contributed by atoms with Crippen LogP contribution >= 0.6 is 11.6 Å². The molecule has 6 heteroatoms. The molecule has 0 fully saturated rings. The third-order valence-corrected chi connectivity index (χ3v) is 2.76. The number of halogens is 1. The van der Waals surface area contributed by atoms with E-state index in [4.69, 9.17) is 21.4 Å². The first-order valence-corrected chi connectivity index (χ1v) is 6.65. The Bertz CT molecular complexity index is 476. The predicted octanol–water partition coefficient (Wildman–Crippen LogP) is 2.29. The molecule has 0 aromatic heterocycles. The van der Waals surface area contributed by atoms with Crippen LogP contribution < -0.4 is 4.74 Å². The molecule has 0 saturated carbocycles. The van der Waals surface area contributed by atoms with Gasteiger partial charge in [0.1, 0.15) is 12.3 Å². The van der Waals surface area contributed by atoms with Crippen LogP contribution in [-0.2, 0) is 9.59 Å². The average Bonchev–Trinajstić information content (AvgIpc) is 2.35. The fraction of sp³-hybridized carbons (Fsp3) is 0.429. The molecule has 0 aliphatic carbocycles. The van der Waals surface area contributed by atoms with Crippen LogP contribution in [0.4, 0.5) is 0 Å². The first-order valence-electron chi connectivity index (χ1n) is 6.27. The Labute approximate surface area is 123 Å². The number of carboxylic acids is 1. The molecule has 1 aromatic rings. The summed E-state index contributed by atoms with van der Waals surface area (Å²) in [7, 11) is 0. The van der Waals surface area contributed by atoms with Gasteiger partial charge in [-0.15, -0.1) is 0 Å². The molecule has 0 atom stereocenters. The normalized spacial score (nSPS) is 10.4. The van der Waals surface area contributed by atoms with Crippen molar-refractivity contribution in [1.29, 1.82) is 0 Å². The van der Waals surface area contributed by atoms with Crippen molar-refractivity contribution in [3.05, 3.63) is 29.3 Å². The predicted molar refractivity (Wildman–Crippen MR) is 76.0 cm³/mol. The second kappa shape index (κ2) is 7.75. The minimum absolute atomic E-state index is 0.179. The van der Waals surface area contributed by atoms with Gasteiger partial charge < -0.3 is 14.7 Å². The molecule has 1 amide bonds. The lowest BCUT2D eigenvalue weighted by Gasteiger charge is -2.22. The lowest BCUT2D eigenvalue weighted by Crippen LogP contribution is -2.40. The summed E-state index contributed by atoms with van der Waals surface area (Å²) in [6.07, 6.45) is 0. The van der Waals surface area contributed by atoms with Crippen molar-refractivity contribution in [3.8, 4) is 5.75 Å². The lowest BCUT2D eigenvalue weighted by atomic mass is 10.2. The number of ether oxygens (including phenoxy) is 1. The number of carbonyl (C=O) groups excluding carboxylic acids is 1. The van der Waals surface area contributed by atoms with Crippen LogP contribution in [0.25, 0.3) is 0 Å². The van der Waals surface area contributed by atoms with Crippen molar-refractivity contribution in [2.45, 2.75) is 13.8 Å². The molecule has 20 heavy (non-hydrogen) atoms. The van der Waals surface area contributed by atoms with Gasteiger partial charge in [0.05, 0.1) is 5.02 Å². The number of hydrogen-bond acceptors (Lipinski definition) is 3. The van der Waals surface area contributed by atoms with E-state index >= 15 is 0 Å². The Morgan fingerprint density at radius 3 is 2.55 bits per heavy atom. The maximum absolute atomic E-state index is 12.0. The molecule has 5 nitrogen and oxygen atoms in total. The summed E-state index contributed by atoms with van der Waals surface area (Å²) in [6.45, 7) is 3.64. The summed E-state index contributed by atoms with van der Waals surface area (Å²) < 4.78 is 5.33. The van der Waals surface area contributed by atoms with Gasteiger partial charge in [-0.25, -0.2) is 0 Å². The van der Waals surface area contributed by atoms with Crippen molar-refractivity contribution in [1.82, 2.24) is 4.90 Å². The van der Waals surface area contributed by atoms with E-state index in [1.165, 1.54) is 4.90 Å². The number of hydrogen-bond donors (Lipinski definition) is 1. The highest BCUT2D eigenvalue weighted by Gasteiger charge is 2.18. The summed E-state index contributed by atoms with van der Waals surface area (Å²) in [5, 5.41) is 9.23. The van der Waals surface area contributed by atoms with Gasteiger partial charge in [0.2, 0.25) is 0 Å². The molecule has 1 aromatic carbocycles. The molecule has 0 aliphatic heterocycles. The maximum atomic E-state index is 12.0. The van der Waals surface area contributed by atoms with E-state index in [0.29, 0.717) is 17.3 Å². The van der Waals surface area contributed by atoms with Crippen LogP contribution in [0.2, 0.25) is 5.02 Å². The highest BCUT2D eigenvalue weighted by atomic mass is 35.5. The Hall–Kier alpha value is -1.75. The first kappa shape index (κ1) is 16.3. The van der Waals surface area contributed by atoms with Crippen molar-refractivity contribution in [2.75, 3.05) is 19.7 Å². The monoisotopic (exact) mass is 299 g/mol. The topological polar surface area (TPSA) is 66.8 Å². The van der Waals surface area contributed by atoms with Crippen LogP contribution in [-0.4, -0.2) is 41.6 Å². The van der Waals surface area contributed by atoms with Crippen LogP contribution in [0, 0.1) is 5.92 Å². The van der Waals surface area contributed by atoms with Crippen molar-refractivity contribution < 1.29 is 19.4 Å². The molecule has 0 bridgehead atoms. The number of carbonyl (C=O) groups is 2. The first-order chi connectivity index (χ1) is 9.40. The van der Waals surface area contributed by atoms with E-state index in [9.17, 15) is 9.59 Å². The fourth-order valence-corrected chi connectivity index (χ4v) is 1.84. The highest BCUT2D eigenvalue weighted by Crippen LogP contribution is 2.22. The van der Waals surface area contributed by atoms with Gasteiger partial charge in [-0.3, -0.25) is 9.59 Å². The smallest absolute Gasteiger partial charge is 0.323 e. The molecular weight excluding hydrogens is 282 g/mol. The molecule has 0 radical (unpaired) electrons. The van der Waals surface area contributed by atoms with Gasteiger partial charge >= 0.3 is 5.97 Å². The molecule has 0 saturated heterocycles.